The van der Waals surface area contributed by atoms with E-state index < -0.39 is 6.04 Å². The second-order valence-corrected chi connectivity index (χ2v) is 16.8. The van der Waals surface area contributed by atoms with Crippen LogP contribution in [0, 0.1) is 22.7 Å². The van der Waals surface area contributed by atoms with Crippen molar-refractivity contribution in [2.75, 3.05) is 85.5 Å². The first kappa shape index (κ1) is 38.0. The number of aromatic nitrogens is 2. The molecule has 5 fully saturated rings. The second-order valence-electron chi connectivity index (χ2n) is 16.4. The SMILES string of the molecule is C[C@@H]1CC2(CCN(c3ccc(C(=O)N4CCC(CN5CCN(c6cccc(N[C@@H]7CCC(=O)NC7=O)c6)CC5)CC4)nn3)CC2)CN1c1ccc(C#N)c(Cl)c1. The zero-order valence-corrected chi connectivity index (χ0v) is 32.9. The van der Waals surface area contributed by atoms with Gasteiger partial charge in [0.05, 0.1) is 10.6 Å². The van der Waals surface area contributed by atoms with Gasteiger partial charge in [-0.05, 0) is 105 Å². The Morgan fingerprint density at radius 1 is 0.929 bits per heavy atom. The predicted molar refractivity (Wildman–Crippen MR) is 217 cm³/mol. The third kappa shape index (κ3) is 8.27. The molecule has 5 aliphatic heterocycles. The number of likely N-dealkylation sites (tertiary alicyclic amines) is 1. The summed E-state index contributed by atoms with van der Waals surface area (Å²) in [5.74, 6) is 0.875. The maximum absolute atomic E-state index is 13.5. The van der Waals surface area contributed by atoms with Gasteiger partial charge in [0.25, 0.3) is 5.91 Å². The number of hydrogen-bond donors (Lipinski definition) is 2. The van der Waals surface area contributed by atoms with Gasteiger partial charge in [-0.1, -0.05) is 17.7 Å². The van der Waals surface area contributed by atoms with Crippen molar-refractivity contribution in [1.82, 2.24) is 25.3 Å². The average Bonchev–Trinajstić information content (AvgIpc) is 3.54. The van der Waals surface area contributed by atoms with Crippen molar-refractivity contribution in [3.8, 4) is 6.07 Å². The number of rotatable bonds is 8. The fourth-order valence-electron chi connectivity index (χ4n) is 9.48. The lowest BCUT2D eigenvalue weighted by atomic mass is 9.77. The quantitative estimate of drug-likeness (QED) is 0.306. The lowest BCUT2D eigenvalue weighted by molar-refractivity contribution is -0.133. The molecule has 13 nitrogen and oxygen atoms in total. The lowest BCUT2D eigenvalue weighted by Gasteiger charge is -2.40. The first-order chi connectivity index (χ1) is 27.1. The summed E-state index contributed by atoms with van der Waals surface area (Å²) in [5, 5.41) is 24.4. The molecule has 2 atom stereocenters. The number of carbonyl (C=O) groups is 3. The molecule has 2 N–H and O–H groups in total. The van der Waals surface area contributed by atoms with Gasteiger partial charge in [0.15, 0.2) is 11.5 Å². The number of nitrogens with one attached hydrogen (secondary N) is 2. The molecule has 294 valence electrons. The van der Waals surface area contributed by atoms with Crippen LogP contribution in [0.4, 0.5) is 22.9 Å². The summed E-state index contributed by atoms with van der Waals surface area (Å²) in [6, 6.07) is 19.9. The Morgan fingerprint density at radius 2 is 1.71 bits per heavy atom. The van der Waals surface area contributed by atoms with Crippen LogP contribution in [0.2, 0.25) is 5.02 Å². The van der Waals surface area contributed by atoms with Gasteiger partial charge in [-0.2, -0.15) is 5.26 Å². The average molecular weight is 779 g/mol. The number of benzene rings is 2. The minimum absolute atomic E-state index is 0.0361. The van der Waals surface area contributed by atoms with E-state index in [1.165, 1.54) is 0 Å². The molecule has 3 amide bonds. The van der Waals surface area contributed by atoms with E-state index in [1.54, 1.807) is 0 Å². The smallest absolute Gasteiger partial charge is 0.274 e. The number of nitriles is 1. The van der Waals surface area contributed by atoms with Crippen LogP contribution in [-0.4, -0.2) is 115 Å². The van der Waals surface area contributed by atoms with E-state index >= 15 is 0 Å². The maximum Gasteiger partial charge on any atom is 0.274 e. The lowest BCUT2D eigenvalue weighted by Crippen LogP contribution is -2.49. The van der Waals surface area contributed by atoms with Crippen molar-refractivity contribution in [2.24, 2.45) is 11.3 Å². The van der Waals surface area contributed by atoms with Crippen molar-refractivity contribution in [3.05, 3.63) is 70.9 Å². The molecule has 56 heavy (non-hydrogen) atoms. The van der Waals surface area contributed by atoms with Gasteiger partial charge in [0, 0.05) is 95.0 Å². The molecule has 0 aliphatic carbocycles. The third-order valence-corrected chi connectivity index (χ3v) is 13.1. The summed E-state index contributed by atoms with van der Waals surface area (Å²) in [5.41, 5.74) is 4.24. The molecule has 3 aromatic rings. The Morgan fingerprint density at radius 3 is 2.41 bits per heavy atom. The van der Waals surface area contributed by atoms with Gasteiger partial charge in [-0.15, -0.1) is 10.2 Å². The van der Waals surface area contributed by atoms with Crippen LogP contribution in [0.15, 0.2) is 54.6 Å². The van der Waals surface area contributed by atoms with Gasteiger partial charge in [-0.25, -0.2) is 0 Å². The van der Waals surface area contributed by atoms with Gasteiger partial charge in [0.1, 0.15) is 12.1 Å². The van der Waals surface area contributed by atoms with Gasteiger partial charge < -0.3 is 24.9 Å². The minimum Gasteiger partial charge on any atom is -0.374 e. The van der Waals surface area contributed by atoms with Crippen LogP contribution >= 0.6 is 11.6 Å². The van der Waals surface area contributed by atoms with Crippen LogP contribution in [0.1, 0.15) is 67.9 Å². The van der Waals surface area contributed by atoms with Crippen LogP contribution in [0.5, 0.6) is 0 Å². The van der Waals surface area contributed by atoms with Gasteiger partial charge >= 0.3 is 0 Å². The summed E-state index contributed by atoms with van der Waals surface area (Å²) < 4.78 is 0. The highest BCUT2D eigenvalue weighted by Crippen LogP contribution is 2.45. The van der Waals surface area contributed by atoms with E-state index in [4.69, 9.17) is 11.6 Å². The van der Waals surface area contributed by atoms with Gasteiger partial charge in [-0.3, -0.25) is 24.6 Å². The number of piperazine rings is 1. The number of piperidine rings is 3. The van der Waals surface area contributed by atoms with E-state index in [-0.39, 0.29) is 23.1 Å². The fraction of sp³-hybridized carbons (Fsp3) is 0.524. The molecule has 5 aliphatic rings. The number of halogens is 1. The van der Waals surface area contributed by atoms with Crippen molar-refractivity contribution in [2.45, 2.75) is 64.0 Å². The number of anilines is 4. The van der Waals surface area contributed by atoms with Crippen LogP contribution in [-0.2, 0) is 9.59 Å². The first-order valence-corrected chi connectivity index (χ1v) is 20.5. The van der Waals surface area contributed by atoms with E-state index in [1.807, 2.05) is 47.4 Å². The Bertz CT molecular complexity index is 1960. The number of imide groups is 1. The number of amides is 3. The van der Waals surface area contributed by atoms with Crippen LogP contribution < -0.4 is 25.3 Å². The standard InChI is InChI=1S/C42H51ClN10O3/c1-29-25-42(28-53(29)34-6-5-31(26-44)35(43)24-34)13-17-51(18-14-42)38-9-7-37(47-48-38)41(56)52-15-11-30(12-16-52)27-49-19-21-50(22-20-49)33-4-2-3-32(23-33)45-36-8-10-39(54)46-40(36)55/h2-7,9,23-24,29-30,36,45H,8,10-22,25,27-28H2,1H3,(H,46,54,55)/t29-,36-/m1/s1. The fourth-order valence-corrected chi connectivity index (χ4v) is 9.69. The van der Waals surface area contributed by atoms with Crippen molar-refractivity contribution in [3.63, 3.8) is 0 Å². The van der Waals surface area contributed by atoms with Crippen molar-refractivity contribution >= 4 is 52.2 Å². The first-order valence-electron chi connectivity index (χ1n) is 20.2. The van der Waals surface area contributed by atoms with Crippen molar-refractivity contribution < 1.29 is 14.4 Å². The highest BCUT2D eigenvalue weighted by Gasteiger charge is 2.44. The predicted octanol–water partition coefficient (Wildman–Crippen LogP) is 4.78. The Kier molecular flexibility index (Phi) is 11.0. The van der Waals surface area contributed by atoms with E-state index in [0.29, 0.717) is 41.1 Å². The number of carbonyl (C=O) groups excluding carboxylic acids is 3. The summed E-state index contributed by atoms with van der Waals surface area (Å²) in [6.07, 6.45) is 6.06. The van der Waals surface area contributed by atoms with E-state index in [0.717, 1.165) is 120 Å². The normalized spacial score (nSPS) is 23.3. The monoisotopic (exact) mass is 778 g/mol. The molecule has 0 radical (unpaired) electrons. The highest BCUT2D eigenvalue weighted by molar-refractivity contribution is 6.32. The molecule has 6 heterocycles. The van der Waals surface area contributed by atoms with Crippen LogP contribution in [0.3, 0.4) is 0 Å². The summed E-state index contributed by atoms with van der Waals surface area (Å²) >= 11 is 6.37. The number of hydrogen-bond acceptors (Lipinski definition) is 11. The molecule has 2 aromatic carbocycles. The van der Waals surface area contributed by atoms with E-state index in [2.05, 4.69) is 65.6 Å². The Hall–Kier alpha value is -4.93. The second kappa shape index (κ2) is 16.3. The zero-order valence-electron chi connectivity index (χ0n) is 32.1. The highest BCUT2D eigenvalue weighted by atomic mass is 35.5. The number of nitrogens with zero attached hydrogens (tertiary/aromatic N) is 8. The molecule has 8 rings (SSSR count). The third-order valence-electron chi connectivity index (χ3n) is 12.8. The van der Waals surface area contributed by atoms with E-state index in [9.17, 15) is 19.6 Å². The molecular formula is C42H51ClN10O3. The summed E-state index contributed by atoms with van der Waals surface area (Å²) in [6.45, 7) is 11.4. The summed E-state index contributed by atoms with van der Waals surface area (Å²) in [7, 11) is 0. The van der Waals surface area contributed by atoms with Gasteiger partial charge in [0.2, 0.25) is 11.8 Å². The molecule has 1 spiro atoms. The van der Waals surface area contributed by atoms with Crippen molar-refractivity contribution in [1.29, 1.82) is 5.26 Å². The summed E-state index contributed by atoms with van der Waals surface area (Å²) in [4.78, 5) is 48.8. The molecule has 1 aromatic heterocycles. The Balaban J connectivity index is 0.762. The maximum atomic E-state index is 13.5. The molecule has 0 bridgehead atoms. The largest absolute Gasteiger partial charge is 0.374 e. The molecule has 14 heteroatoms. The molecule has 0 unspecified atom stereocenters. The molecular weight excluding hydrogens is 728 g/mol. The molecule has 0 saturated carbocycles. The molecule has 5 saturated heterocycles. The van der Waals surface area contributed by atoms with Crippen LogP contribution in [0.25, 0.3) is 0 Å². The zero-order chi connectivity index (χ0) is 38.8. The topological polar surface area (TPSA) is 141 Å². The Labute approximate surface area is 333 Å². The minimum atomic E-state index is -0.396.